The Kier molecular flexibility index (Phi) is 11.2. The molecular weight excluding hydrogens is 280 g/mol. The van der Waals surface area contributed by atoms with Crippen molar-refractivity contribution in [3.05, 3.63) is 17.9 Å². The van der Waals surface area contributed by atoms with E-state index in [9.17, 15) is 9.59 Å². The van der Waals surface area contributed by atoms with E-state index in [0.717, 1.165) is 12.8 Å². The summed E-state index contributed by atoms with van der Waals surface area (Å²) in [4.78, 5) is 23.5. The van der Waals surface area contributed by atoms with E-state index >= 15 is 0 Å². The maximum atomic E-state index is 11.7. The van der Waals surface area contributed by atoms with Gasteiger partial charge in [-0.05, 0) is 38.3 Å². The molecule has 22 heavy (non-hydrogen) atoms. The quantitative estimate of drug-likeness (QED) is 0.248. The highest BCUT2D eigenvalue weighted by atomic mass is 16.5. The van der Waals surface area contributed by atoms with Gasteiger partial charge in [-0.25, -0.2) is 0 Å². The van der Waals surface area contributed by atoms with Crippen molar-refractivity contribution >= 4 is 11.9 Å². The number of esters is 2. The lowest BCUT2D eigenvalue weighted by molar-refractivity contribution is -0.167. The molecule has 0 aliphatic rings. The third kappa shape index (κ3) is 7.46. The molecular formula is C18H30O4. The van der Waals surface area contributed by atoms with Gasteiger partial charge in [0.15, 0.2) is 5.41 Å². The molecule has 0 amide bonds. The van der Waals surface area contributed by atoms with Crippen LogP contribution < -0.4 is 0 Å². The Bertz CT molecular complexity index is 376. The van der Waals surface area contributed by atoms with Gasteiger partial charge in [0.1, 0.15) is 0 Å². The minimum atomic E-state index is -1.30. The van der Waals surface area contributed by atoms with E-state index in [1.54, 1.807) is 6.08 Å². The van der Waals surface area contributed by atoms with Crippen LogP contribution in [0.25, 0.3) is 0 Å². The Morgan fingerprint density at radius 2 is 1.50 bits per heavy atom. The van der Waals surface area contributed by atoms with Crippen LogP contribution in [0.1, 0.15) is 65.2 Å². The van der Waals surface area contributed by atoms with Crippen molar-refractivity contribution in [1.82, 2.24) is 0 Å². The maximum absolute atomic E-state index is 11.7. The predicted molar refractivity (Wildman–Crippen MR) is 87.4 cm³/mol. The van der Waals surface area contributed by atoms with Crippen molar-refractivity contribution in [3.63, 3.8) is 0 Å². The largest absolute Gasteiger partial charge is 0.468 e. The first-order valence-electron chi connectivity index (χ1n) is 8.09. The van der Waals surface area contributed by atoms with Crippen LogP contribution in [0.15, 0.2) is 17.9 Å². The van der Waals surface area contributed by atoms with Gasteiger partial charge in [0.2, 0.25) is 0 Å². The number of ether oxygens (including phenoxy) is 2. The number of allylic oxidation sites excluding steroid dienone is 1. The zero-order valence-electron chi connectivity index (χ0n) is 14.4. The van der Waals surface area contributed by atoms with Crippen molar-refractivity contribution in [1.29, 1.82) is 0 Å². The first kappa shape index (κ1) is 20.5. The fourth-order valence-corrected chi connectivity index (χ4v) is 2.16. The van der Waals surface area contributed by atoms with Gasteiger partial charge in [-0.2, -0.15) is 0 Å². The fraction of sp³-hybridized carbons (Fsp3) is 0.722. The van der Waals surface area contributed by atoms with Gasteiger partial charge < -0.3 is 9.47 Å². The summed E-state index contributed by atoms with van der Waals surface area (Å²) in [5, 5.41) is 0. The lowest BCUT2D eigenvalue weighted by atomic mass is 9.87. The van der Waals surface area contributed by atoms with Crippen LogP contribution in [-0.2, 0) is 19.1 Å². The fourth-order valence-electron chi connectivity index (χ4n) is 2.16. The first-order valence-corrected chi connectivity index (χ1v) is 8.09. The number of rotatable bonds is 11. The smallest absolute Gasteiger partial charge is 0.323 e. The molecule has 4 heteroatoms. The van der Waals surface area contributed by atoms with Crippen molar-refractivity contribution in [2.24, 2.45) is 5.41 Å². The zero-order valence-corrected chi connectivity index (χ0v) is 14.4. The van der Waals surface area contributed by atoms with Crippen molar-refractivity contribution in [3.8, 4) is 0 Å². The van der Waals surface area contributed by atoms with Gasteiger partial charge >= 0.3 is 11.9 Å². The average molecular weight is 310 g/mol. The van der Waals surface area contributed by atoms with Crippen LogP contribution in [0.2, 0.25) is 0 Å². The molecule has 0 aromatic heterocycles. The molecule has 0 atom stereocenters. The summed E-state index contributed by atoms with van der Waals surface area (Å²) in [7, 11) is 2.53. The Labute approximate surface area is 134 Å². The molecule has 0 rings (SSSR count). The average Bonchev–Trinajstić information content (AvgIpc) is 2.54. The van der Waals surface area contributed by atoms with Crippen LogP contribution in [0, 0.1) is 5.41 Å². The summed E-state index contributed by atoms with van der Waals surface area (Å²) >= 11 is 0. The minimum absolute atomic E-state index is 0.222. The molecule has 0 aliphatic carbocycles. The monoisotopic (exact) mass is 310 g/mol. The molecule has 0 radical (unpaired) electrons. The highest BCUT2D eigenvalue weighted by Crippen LogP contribution is 2.25. The second-order valence-corrected chi connectivity index (χ2v) is 5.65. The third-order valence-corrected chi connectivity index (χ3v) is 3.72. The summed E-state index contributed by atoms with van der Waals surface area (Å²) in [6, 6.07) is 0. The third-order valence-electron chi connectivity index (χ3n) is 3.72. The molecule has 126 valence electrons. The van der Waals surface area contributed by atoms with Gasteiger partial charge in [0.25, 0.3) is 0 Å². The van der Waals surface area contributed by atoms with Crippen molar-refractivity contribution in [2.75, 3.05) is 14.2 Å². The lowest BCUT2D eigenvalue weighted by Gasteiger charge is -2.21. The number of carbonyl (C=O) groups excluding carboxylic acids is 2. The predicted octanol–water partition coefficient (Wildman–Crippen LogP) is 4.19. The van der Waals surface area contributed by atoms with E-state index < -0.39 is 17.4 Å². The van der Waals surface area contributed by atoms with E-state index in [1.807, 2.05) is 6.08 Å². The number of unbranched alkanes of at least 4 members (excludes halogenated alkanes) is 6. The highest BCUT2D eigenvalue weighted by molar-refractivity contribution is 5.99. The van der Waals surface area contributed by atoms with Crippen LogP contribution in [0.5, 0.6) is 0 Å². The summed E-state index contributed by atoms with van der Waals surface area (Å²) in [5.74, 6) is -1.18. The van der Waals surface area contributed by atoms with E-state index in [0.29, 0.717) is 0 Å². The maximum Gasteiger partial charge on any atom is 0.323 e. The molecule has 0 unspecified atom stereocenters. The molecule has 0 saturated carbocycles. The molecule has 0 aliphatic heterocycles. The molecule has 0 N–H and O–H groups in total. The molecule has 0 fully saturated rings. The summed E-state index contributed by atoms with van der Waals surface area (Å²) in [6.45, 7) is 3.74. The van der Waals surface area contributed by atoms with Crippen molar-refractivity contribution in [2.45, 2.75) is 65.2 Å². The molecule has 4 nitrogen and oxygen atoms in total. The van der Waals surface area contributed by atoms with Crippen LogP contribution in [-0.4, -0.2) is 26.2 Å². The Morgan fingerprint density at radius 1 is 0.955 bits per heavy atom. The van der Waals surface area contributed by atoms with Gasteiger partial charge in [0.05, 0.1) is 14.2 Å². The molecule has 0 bridgehead atoms. The second-order valence-electron chi connectivity index (χ2n) is 5.65. The standard InChI is InChI=1S/C18H30O4/c1-5-6-7-8-9-10-11-12-13-14-15-18(2,16(19)21-3)17(20)22-4/h12,14H,5-11,15H2,1-4H3. The molecule has 0 heterocycles. The van der Waals surface area contributed by atoms with Crippen molar-refractivity contribution < 1.29 is 19.1 Å². The number of hydrogen-bond donors (Lipinski definition) is 0. The SMILES string of the molecule is CCCCCCCCC=C=CCC(C)(C(=O)OC)C(=O)OC. The van der Waals surface area contributed by atoms with Gasteiger partial charge in [-0.3, -0.25) is 9.59 Å². The van der Waals surface area contributed by atoms with E-state index in [2.05, 4.69) is 22.1 Å². The van der Waals surface area contributed by atoms with Gasteiger partial charge in [0, 0.05) is 0 Å². The van der Waals surface area contributed by atoms with Crippen LogP contribution in [0.3, 0.4) is 0 Å². The van der Waals surface area contributed by atoms with Gasteiger partial charge in [-0.15, -0.1) is 5.73 Å². The Hall–Kier alpha value is -1.54. The lowest BCUT2D eigenvalue weighted by Crippen LogP contribution is -2.38. The van der Waals surface area contributed by atoms with Crippen LogP contribution in [0.4, 0.5) is 0 Å². The normalized spacial score (nSPS) is 10.5. The number of carbonyl (C=O) groups is 2. The molecule has 0 aromatic carbocycles. The second kappa shape index (κ2) is 12.0. The van der Waals surface area contributed by atoms with E-state index in [4.69, 9.17) is 0 Å². The minimum Gasteiger partial charge on any atom is -0.468 e. The van der Waals surface area contributed by atoms with E-state index in [-0.39, 0.29) is 6.42 Å². The van der Waals surface area contributed by atoms with Gasteiger partial charge in [-0.1, -0.05) is 39.0 Å². The highest BCUT2D eigenvalue weighted by Gasteiger charge is 2.42. The zero-order chi connectivity index (χ0) is 16.8. The Balaban J connectivity index is 4.22. The van der Waals surface area contributed by atoms with Crippen LogP contribution >= 0.6 is 0 Å². The first-order chi connectivity index (χ1) is 10.5. The summed E-state index contributed by atoms with van der Waals surface area (Å²) in [5.41, 5.74) is 1.73. The number of methoxy groups -OCH3 is 2. The Morgan fingerprint density at radius 3 is 2.05 bits per heavy atom. The topological polar surface area (TPSA) is 52.6 Å². The molecule has 0 spiro atoms. The molecule has 0 saturated heterocycles. The van der Waals surface area contributed by atoms with E-state index in [1.165, 1.54) is 53.2 Å². The summed E-state index contributed by atoms with van der Waals surface area (Å²) in [6.07, 6.45) is 12.4. The molecule has 0 aromatic rings. The number of hydrogen-bond acceptors (Lipinski definition) is 4. The summed E-state index contributed by atoms with van der Waals surface area (Å²) < 4.78 is 9.37.